The molecule has 1 unspecified atom stereocenters. The van der Waals surface area contributed by atoms with Crippen molar-refractivity contribution in [2.45, 2.75) is 58.7 Å². The van der Waals surface area contributed by atoms with E-state index in [2.05, 4.69) is 64.4 Å². The van der Waals surface area contributed by atoms with Gasteiger partial charge in [0, 0.05) is 16.2 Å². The zero-order valence-electron chi connectivity index (χ0n) is 14.3. The molecule has 0 aromatic heterocycles. The van der Waals surface area contributed by atoms with Gasteiger partial charge >= 0.3 is 6.09 Å². The molecule has 4 nitrogen and oxygen atoms in total. The van der Waals surface area contributed by atoms with Crippen molar-refractivity contribution in [1.82, 2.24) is 10.6 Å². The maximum Gasteiger partial charge on any atom is 0.408 e. The average Bonchev–Trinajstić information content (AvgIpc) is 2.33. The standard InChI is InChI=1S/C17H27IN2O2/c1-12(13-7-9-14(18)10-8-13)19-11-17(5,6)20-15(21)22-16(2,3)4/h7-10,12,19H,11H2,1-6H3,(H,20,21). The van der Waals surface area contributed by atoms with Gasteiger partial charge in [-0.15, -0.1) is 0 Å². The second-order valence-electron chi connectivity index (χ2n) is 7.16. The Hall–Kier alpha value is -0.820. The van der Waals surface area contributed by atoms with Gasteiger partial charge in [-0.2, -0.15) is 0 Å². The van der Waals surface area contributed by atoms with Gasteiger partial charge < -0.3 is 15.4 Å². The molecule has 0 aliphatic rings. The first-order chi connectivity index (χ1) is 9.98. The Morgan fingerprint density at radius 3 is 2.23 bits per heavy atom. The van der Waals surface area contributed by atoms with E-state index in [9.17, 15) is 4.79 Å². The molecule has 1 aromatic rings. The van der Waals surface area contributed by atoms with Crippen LogP contribution in [0.15, 0.2) is 24.3 Å². The highest BCUT2D eigenvalue weighted by atomic mass is 127. The largest absolute Gasteiger partial charge is 0.444 e. The molecule has 0 bridgehead atoms. The second-order valence-corrected chi connectivity index (χ2v) is 8.41. The molecule has 0 spiro atoms. The van der Waals surface area contributed by atoms with Crippen LogP contribution >= 0.6 is 22.6 Å². The average molecular weight is 418 g/mol. The van der Waals surface area contributed by atoms with E-state index in [1.165, 1.54) is 9.13 Å². The summed E-state index contributed by atoms with van der Waals surface area (Å²) in [7, 11) is 0. The zero-order valence-corrected chi connectivity index (χ0v) is 16.4. The number of hydrogen-bond donors (Lipinski definition) is 2. The van der Waals surface area contributed by atoms with Crippen LogP contribution in [-0.2, 0) is 4.74 Å². The van der Waals surface area contributed by atoms with Crippen LogP contribution in [0.25, 0.3) is 0 Å². The third kappa shape index (κ3) is 7.45. The van der Waals surface area contributed by atoms with Crippen LogP contribution in [0.3, 0.4) is 0 Å². The number of alkyl carbamates (subject to hydrolysis) is 1. The van der Waals surface area contributed by atoms with Crippen LogP contribution < -0.4 is 10.6 Å². The SMILES string of the molecule is CC(NCC(C)(C)NC(=O)OC(C)(C)C)c1ccc(I)cc1. The summed E-state index contributed by atoms with van der Waals surface area (Å²) in [5.41, 5.74) is 0.357. The first-order valence-electron chi connectivity index (χ1n) is 7.48. The van der Waals surface area contributed by atoms with Gasteiger partial charge in [-0.05, 0) is 81.8 Å². The number of benzene rings is 1. The molecular formula is C17H27IN2O2. The number of ether oxygens (including phenoxy) is 1. The maximum absolute atomic E-state index is 11.9. The van der Waals surface area contributed by atoms with Crippen LogP contribution in [-0.4, -0.2) is 23.8 Å². The van der Waals surface area contributed by atoms with Gasteiger partial charge in [0.05, 0.1) is 5.54 Å². The number of carbonyl (C=O) groups excluding carboxylic acids is 1. The molecular weight excluding hydrogens is 391 g/mol. The molecule has 124 valence electrons. The Morgan fingerprint density at radius 2 is 1.73 bits per heavy atom. The van der Waals surface area contributed by atoms with Gasteiger partial charge in [0.25, 0.3) is 0 Å². The lowest BCUT2D eigenvalue weighted by Crippen LogP contribution is -2.51. The molecule has 0 aliphatic carbocycles. The fraction of sp³-hybridized carbons (Fsp3) is 0.588. The van der Waals surface area contributed by atoms with Crippen molar-refractivity contribution in [3.8, 4) is 0 Å². The van der Waals surface area contributed by atoms with E-state index in [0.29, 0.717) is 6.54 Å². The van der Waals surface area contributed by atoms with Crippen molar-refractivity contribution >= 4 is 28.7 Å². The van der Waals surface area contributed by atoms with Crippen molar-refractivity contribution < 1.29 is 9.53 Å². The van der Waals surface area contributed by atoms with E-state index < -0.39 is 5.60 Å². The monoisotopic (exact) mass is 418 g/mol. The minimum Gasteiger partial charge on any atom is -0.444 e. The molecule has 0 fully saturated rings. The molecule has 1 rings (SSSR count). The quantitative estimate of drug-likeness (QED) is 0.704. The van der Waals surface area contributed by atoms with Gasteiger partial charge in [0.1, 0.15) is 5.60 Å². The molecule has 0 radical (unpaired) electrons. The summed E-state index contributed by atoms with van der Waals surface area (Å²) in [6.07, 6.45) is -0.388. The van der Waals surface area contributed by atoms with E-state index in [1.54, 1.807) is 0 Å². The van der Waals surface area contributed by atoms with Gasteiger partial charge in [-0.3, -0.25) is 0 Å². The second kappa shape index (κ2) is 7.64. The normalized spacial score (nSPS) is 13.6. The van der Waals surface area contributed by atoms with Crippen molar-refractivity contribution in [3.05, 3.63) is 33.4 Å². The third-order valence-corrected chi connectivity index (χ3v) is 3.78. The summed E-state index contributed by atoms with van der Waals surface area (Å²) in [4.78, 5) is 11.9. The number of nitrogens with one attached hydrogen (secondary N) is 2. The number of amides is 1. The number of halogens is 1. The fourth-order valence-electron chi connectivity index (χ4n) is 1.90. The molecule has 1 aromatic carbocycles. The lowest BCUT2D eigenvalue weighted by molar-refractivity contribution is 0.0471. The maximum atomic E-state index is 11.9. The minimum absolute atomic E-state index is 0.219. The van der Waals surface area contributed by atoms with Gasteiger partial charge in [0.2, 0.25) is 0 Å². The van der Waals surface area contributed by atoms with Crippen molar-refractivity contribution in [1.29, 1.82) is 0 Å². The van der Waals surface area contributed by atoms with Crippen LogP contribution in [0.4, 0.5) is 4.79 Å². The molecule has 1 amide bonds. The zero-order chi connectivity index (χ0) is 17.0. The Bertz CT molecular complexity index is 492. The smallest absolute Gasteiger partial charge is 0.408 e. The molecule has 0 aliphatic heterocycles. The van der Waals surface area contributed by atoms with E-state index in [4.69, 9.17) is 4.74 Å². The topological polar surface area (TPSA) is 50.4 Å². The molecule has 0 saturated heterocycles. The van der Waals surface area contributed by atoms with E-state index in [-0.39, 0.29) is 17.7 Å². The number of rotatable bonds is 5. The van der Waals surface area contributed by atoms with Crippen molar-refractivity contribution in [2.75, 3.05) is 6.54 Å². The highest BCUT2D eigenvalue weighted by Crippen LogP contribution is 2.15. The first kappa shape index (κ1) is 19.2. The van der Waals surface area contributed by atoms with Gasteiger partial charge in [-0.1, -0.05) is 12.1 Å². The van der Waals surface area contributed by atoms with E-state index in [1.807, 2.05) is 34.6 Å². The summed E-state index contributed by atoms with van der Waals surface area (Å²) in [6, 6.07) is 8.65. The fourth-order valence-corrected chi connectivity index (χ4v) is 2.26. The molecule has 0 saturated carbocycles. The summed E-state index contributed by atoms with van der Waals surface area (Å²) in [6.45, 7) is 12.3. The summed E-state index contributed by atoms with van der Waals surface area (Å²) in [5, 5.41) is 6.36. The number of hydrogen-bond acceptors (Lipinski definition) is 3. The highest BCUT2D eigenvalue weighted by Gasteiger charge is 2.24. The Balaban J connectivity index is 2.50. The van der Waals surface area contributed by atoms with E-state index >= 15 is 0 Å². The van der Waals surface area contributed by atoms with Crippen LogP contribution in [0, 0.1) is 3.57 Å². The Kier molecular flexibility index (Phi) is 6.67. The summed E-state index contributed by atoms with van der Waals surface area (Å²) < 4.78 is 6.52. The van der Waals surface area contributed by atoms with E-state index in [0.717, 1.165) is 0 Å². The predicted octanol–water partition coefficient (Wildman–Crippen LogP) is 4.25. The Morgan fingerprint density at radius 1 is 1.18 bits per heavy atom. The van der Waals surface area contributed by atoms with Crippen molar-refractivity contribution in [3.63, 3.8) is 0 Å². The molecule has 2 N–H and O–H groups in total. The molecule has 0 heterocycles. The number of carbonyl (C=O) groups is 1. The van der Waals surface area contributed by atoms with Gasteiger partial charge in [0.15, 0.2) is 0 Å². The van der Waals surface area contributed by atoms with Crippen molar-refractivity contribution in [2.24, 2.45) is 0 Å². The summed E-state index contributed by atoms with van der Waals surface area (Å²) in [5.74, 6) is 0. The lowest BCUT2D eigenvalue weighted by Gasteiger charge is -2.30. The summed E-state index contributed by atoms with van der Waals surface area (Å²) >= 11 is 2.30. The molecule has 5 heteroatoms. The molecule has 1 atom stereocenters. The Labute approximate surface area is 147 Å². The van der Waals surface area contributed by atoms with Gasteiger partial charge in [-0.25, -0.2) is 4.79 Å². The predicted molar refractivity (Wildman–Crippen MR) is 99.0 cm³/mol. The minimum atomic E-state index is -0.484. The first-order valence-corrected chi connectivity index (χ1v) is 8.56. The third-order valence-electron chi connectivity index (χ3n) is 3.06. The van der Waals surface area contributed by atoms with Crippen LogP contribution in [0.5, 0.6) is 0 Å². The lowest BCUT2D eigenvalue weighted by atomic mass is 10.0. The van der Waals surface area contributed by atoms with Crippen LogP contribution in [0.1, 0.15) is 53.1 Å². The van der Waals surface area contributed by atoms with Crippen LogP contribution in [0.2, 0.25) is 0 Å². The molecule has 22 heavy (non-hydrogen) atoms. The highest BCUT2D eigenvalue weighted by molar-refractivity contribution is 14.1.